The molecular weight excluding hydrogens is 369 g/mol. The molecule has 0 spiro atoms. The first-order chi connectivity index (χ1) is 8.16. The maximum Gasteiger partial charge on any atom is 0.0630 e. The molecule has 17 heavy (non-hydrogen) atoms. The third-order valence-corrected chi connectivity index (χ3v) is 4.27. The Labute approximate surface area is 123 Å². The zero-order chi connectivity index (χ0) is 12.3. The summed E-state index contributed by atoms with van der Waals surface area (Å²) in [4.78, 5) is 0. The minimum Gasteiger partial charge on any atom is -0.383 e. The molecule has 1 aliphatic heterocycles. The van der Waals surface area contributed by atoms with Gasteiger partial charge in [-0.15, -0.1) is 0 Å². The van der Waals surface area contributed by atoms with Crippen LogP contribution in [0.5, 0.6) is 0 Å². The van der Waals surface area contributed by atoms with Crippen LogP contribution < -0.4 is 5.32 Å². The molecule has 1 N–H and O–H groups in total. The lowest BCUT2D eigenvalue weighted by Gasteiger charge is -2.13. The second-order valence-corrected chi connectivity index (χ2v) is 6.24. The molecule has 94 valence electrons. The van der Waals surface area contributed by atoms with E-state index in [1.807, 2.05) is 12.1 Å². The number of rotatable bonds is 4. The van der Waals surface area contributed by atoms with E-state index in [2.05, 4.69) is 37.2 Å². The van der Waals surface area contributed by atoms with Crippen LogP contribution in [0.15, 0.2) is 21.1 Å². The van der Waals surface area contributed by atoms with Gasteiger partial charge in [-0.05, 0) is 63.3 Å². The Hall–Kier alpha value is 0.230. The van der Waals surface area contributed by atoms with Crippen LogP contribution in [0.25, 0.3) is 0 Å². The van der Waals surface area contributed by atoms with Crippen LogP contribution in [0.3, 0.4) is 0 Å². The normalized spacial score (nSPS) is 19.6. The summed E-state index contributed by atoms with van der Waals surface area (Å²) < 4.78 is 7.54. The quantitative estimate of drug-likeness (QED) is 0.803. The van der Waals surface area contributed by atoms with Crippen molar-refractivity contribution in [3.8, 4) is 0 Å². The maximum atomic E-state index is 5.95. The summed E-state index contributed by atoms with van der Waals surface area (Å²) in [5, 5.41) is 4.12. The van der Waals surface area contributed by atoms with E-state index in [4.69, 9.17) is 16.3 Å². The molecule has 0 aromatic heterocycles. The Kier molecular flexibility index (Phi) is 5.15. The molecule has 1 unspecified atom stereocenters. The molecule has 1 saturated heterocycles. The van der Waals surface area contributed by atoms with Crippen LogP contribution in [-0.4, -0.2) is 19.3 Å². The summed E-state index contributed by atoms with van der Waals surface area (Å²) in [6.45, 7) is 1.82. The lowest BCUT2D eigenvalue weighted by molar-refractivity contribution is 0.107. The molecule has 2 nitrogen and oxygen atoms in total. The molecule has 5 heteroatoms. The van der Waals surface area contributed by atoms with Gasteiger partial charge < -0.3 is 10.1 Å². The van der Waals surface area contributed by atoms with Gasteiger partial charge in [-0.25, -0.2) is 0 Å². The van der Waals surface area contributed by atoms with Gasteiger partial charge in [-0.3, -0.25) is 0 Å². The fourth-order valence-corrected chi connectivity index (χ4v) is 3.89. The highest BCUT2D eigenvalue weighted by molar-refractivity contribution is 9.11. The van der Waals surface area contributed by atoms with Crippen LogP contribution in [0.1, 0.15) is 19.3 Å². The van der Waals surface area contributed by atoms with Crippen LogP contribution >= 0.6 is 43.5 Å². The Morgan fingerprint density at radius 1 is 1.35 bits per heavy atom. The van der Waals surface area contributed by atoms with E-state index in [9.17, 15) is 0 Å². The summed E-state index contributed by atoms with van der Waals surface area (Å²) in [5.41, 5.74) is 1.05. The van der Waals surface area contributed by atoms with Crippen LogP contribution in [0, 0.1) is 0 Å². The number of hydrogen-bond acceptors (Lipinski definition) is 2. The predicted molar refractivity (Wildman–Crippen MR) is 78.9 cm³/mol. The minimum atomic E-state index is 0.423. The summed E-state index contributed by atoms with van der Waals surface area (Å²) >= 11 is 13.0. The smallest absolute Gasteiger partial charge is 0.0630 e. The average Bonchev–Trinajstić information content (AvgIpc) is 2.74. The van der Waals surface area contributed by atoms with Crippen molar-refractivity contribution in [3.63, 3.8) is 0 Å². The van der Waals surface area contributed by atoms with Crippen molar-refractivity contribution in [2.45, 2.75) is 25.4 Å². The fourth-order valence-electron chi connectivity index (χ4n) is 1.94. The maximum absolute atomic E-state index is 5.95. The molecule has 1 aromatic carbocycles. The molecule has 0 aliphatic carbocycles. The van der Waals surface area contributed by atoms with Gasteiger partial charge in [0.15, 0.2) is 0 Å². The third-order valence-electron chi connectivity index (χ3n) is 2.80. The molecule has 2 rings (SSSR count). The summed E-state index contributed by atoms with van der Waals surface area (Å²) in [6, 6.07) is 3.78. The standard InChI is InChI=1S/C12H14Br2ClNO/c13-10-6-8(15)7-11(14)12(10)16-4-3-9-2-1-5-17-9/h6-7,9,16H,1-5H2. The Bertz CT molecular complexity index is 371. The second-order valence-electron chi connectivity index (χ2n) is 4.09. The van der Waals surface area contributed by atoms with Gasteiger partial charge in [0.25, 0.3) is 0 Å². The summed E-state index contributed by atoms with van der Waals surface area (Å²) in [7, 11) is 0. The number of benzene rings is 1. The van der Waals surface area contributed by atoms with E-state index in [1.54, 1.807) is 0 Å². The molecular formula is C12H14Br2ClNO. The molecule has 0 amide bonds. The van der Waals surface area contributed by atoms with E-state index in [0.717, 1.165) is 34.2 Å². The Balaban J connectivity index is 1.89. The zero-order valence-corrected chi connectivity index (χ0v) is 13.2. The van der Waals surface area contributed by atoms with E-state index >= 15 is 0 Å². The van der Waals surface area contributed by atoms with Gasteiger partial charge >= 0.3 is 0 Å². The first kappa shape index (κ1) is 13.7. The van der Waals surface area contributed by atoms with Crippen LogP contribution in [0.2, 0.25) is 5.02 Å². The minimum absolute atomic E-state index is 0.423. The van der Waals surface area contributed by atoms with Crippen LogP contribution in [-0.2, 0) is 4.74 Å². The van der Waals surface area contributed by atoms with E-state index in [-0.39, 0.29) is 0 Å². The van der Waals surface area contributed by atoms with Crippen molar-refractivity contribution in [2.24, 2.45) is 0 Å². The van der Waals surface area contributed by atoms with E-state index in [1.165, 1.54) is 12.8 Å². The number of nitrogens with one attached hydrogen (secondary N) is 1. The molecule has 0 bridgehead atoms. The zero-order valence-electron chi connectivity index (χ0n) is 9.31. The molecule has 1 fully saturated rings. The van der Waals surface area contributed by atoms with E-state index < -0.39 is 0 Å². The highest BCUT2D eigenvalue weighted by Crippen LogP contribution is 2.34. The highest BCUT2D eigenvalue weighted by Gasteiger charge is 2.15. The summed E-state index contributed by atoms with van der Waals surface area (Å²) in [6.07, 6.45) is 3.85. The largest absolute Gasteiger partial charge is 0.383 e. The predicted octanol–water partition coefficient (Wildman–Crippen LogP) is 4.85. The first-order valence-electron chi connectivity index (χ1n) is 5.67. The molecule has 0 radical (unpaired) electrons. The number of ether oxygens (including phenoxy) is 1. The van der Waals surface area contributed by atoms with Crippen molar-refractivity contribution in [1.82, 2.24) is 0 Å². The van der Waals surface area contributed by atoms with Crippen molar-refractivity contribution in [2.75, 3.05) is 18.5 Å². The molecule has 0 saturated carbocycles. The fraction of sp³-hybridized carbons (Fsp3) is 0.500. The molecule has 1 heterocycles. The SMILES string of the molecule is Clc1cc(Br)c(NCCC2CCCO2)c(Br)c1. The van der Waals surface area contributed by atoms with Gasteiger partial charge in [-0.2, -0.15) is 0 Å². The van der Waals surface area contributed by atoms with Crippen molar-refractivity contribution in [3.05, 3.63) is 26.1 Å². The Morgan fingerprint density at radius 2 is 2.06 bits per heavy atom. The van der Waals surface area contributed by atoms with E-state index in [0.29, 0.717) is 11.1 Å². The van der Waals surface area contributed by atoms with Gasteiger partial charge in [0.2, 0.25) is 0 Å². The number of halogens is 3. The topological polar surface area (TPSA) is 21.3 Å². The monoisotopic (exact) mass is 381 g/mol. The van der Waals surface area contributed by atoms with Crippen molar-refractivity contribution < 1.29 is 4.74 Å². The lowest BCUT2D eigenvalue weighted by Crippen LogP contribution is -2.12. The van der Waals surface area contributed by atoms with Gasteiger partial charge in [0.1, 0.15) is 0 Å². The van der Waals surface area contributed by atoms with Gasteiger partial charge in [0, 0.05) is 27.1 Å². The molecule has 1 aliphatic rings. The molecule has 1 aromatic rings. The Morgan fingerprint density at radius 3 is 2.65 bits per heavy atom. The van der Waals surface area contributed by atoms with Gasteiger partial charge in [0.05, 0.1) is 11.8 Å². The second kappa shape index (κ2) is 6.41. The molecule has 1 atom stereocenters. The third kappa shape index (κ3) is 3.85. The van der Waals surface area contributed by atoms with Crippen molar-refractivity contribution >= 4 is 49.1 Å². The summed E-state index contributed by atoms with van der Waals surface area (Å²) in [5.74, 6) is 0. The first-order valence-corrected chi connectivity index (χ1v) is 7.63. The highest BCUT2D eigenvalue weighted by atomic mass is 79.9. The number of hydrogen-bond donors (Lipinski definition) is 1. The lowest BCUT2D eigenvalue weighted by atomic mass is 10.2. The average molecular weight is 384 g/mol. The van der Waals surface area contributed by atoms with Gasteiger partial charge in [-0.1, -0.05) is 11.6 Å². The van der Waals surface area contributed by atoms with Crippen molar-refractivity contribution in [1.29, 1.82) is 0 Å². The number of anilines is 1. The van der Waals surface area contributed by atoms with Crippen LogP contribution in [0.4, 0.5) is 5.69 Å².